The number of hydrogen-bond donors (Lipinski definition) is 2. The molecule has 0 radical (unpaired) electrons. The molecular formula is C15H18N2. The first-order valence-corrected chi connectivity index (χ1v) is 5.86. The van der Waals surface area contributed by atoms with Crippen LogP contribution in [-0.2, 0) is 6.42 Å². The Bertz CT molecular complexity index is 518. The van der Waals surface area contributed by atoms with Crippen LogP contribution in [0.4, 0.5) is 5.69 Å². The van der Waals surface area contributed by atoms with Gasteiger partial charge >= 0.3 is 0 Å². The van der Waals surface area contributed by atoms with Crippen LogP contribution in [0.3, 0.4) is 0 Å². The Kier molecular flexibility index (Phi) is 3.45. The Labute approximate surface area is 102 Å². The van der Waals surface area contributed by atoms with Gasteiger partial charge in [-0.2, -0.15) is 0 Å². The lowest BCUT2D eigenvalue weighted by Crippen LogP contribution is -2.02. The van der Waals surface area contributed by atoms with E-state index in [9.17, 15) is 0 Å². The maximum absolute atomic E-state index is 6.02. The smallest absolute Gasteiger partial charge is 0.0393 e. The van der Waals surface area contributed by atoms with Gasteiger partial charge in [0.25, 0.3) is 0 Å². The average molecular weight is 226 g/mol. The maximum atomic E-state index is 6.02. The van der Waals surface area contributed by atoms with Crippen LogP contribution < -0.4 is 11.5 Å². The lowest BCUT2D eigenvalue weighted by Gasteiger charge is -2.09. The van der Waals surface area contributed by atoms with Crippen molar-refractivity contribution in [1.82, 2.24) is 0 Å². The summed E-state index contributed by atoms with van der Waals surface area (Å²) >= 11 is 0. The third-order valence-corrected chi connectivity index (χ3v) is 2.88. The summed E-state index contributed by atoms with van der Waals surface area (Å²) < 4.78 is 0. The minimum Gasteiger partial charge on any atom is -0.398 e. The maximum Gasteiger partial charge on any atom is 0.0393 e. The largest absolute Gasteiger partial charge is 0.398 e. The highest BCUT2D eigenvalue weighted by atomic mass is 14.6. The molecule has 0 amide bonds. The third-order valence-electron chi connectivity index (χ3n) is 2.88. The number of hydrogen-bond acceptors (Lipinski definition) is 2. The van der Waals surface area contributed by atoms with Gasteiger partial charge in [-0.25, -0.2) is 0 Å². The summed E-state index contributed by atoms with van der Waals surface area (Å²) in [4.78, 5) is 0. The fraction of sp³-hybridized carbons (Fsp3) is 0.200. The molecule has 2 rings (SSSR count). The molecule has 2 aromatic carbocycles. The first kappa shape index (κ1) is 11.7. The lowest BCUT2D eigenvalue weighted by molar-refractivity contribution is 0.969. The van der Waals surface area contributed by atoms with Gasteiger partial charge in [-0.3, -0.25) is 0 Å². The normalized spacial score (nSPS) is 10.5. The van der Waals surface area contributed by atoms with E-state index in [1.54, 1.807) is 0 Å². The van der Waals surface area contributed by atoms with Gasteiger partial charge in [0.15, 0.2) is 0 Å². The summed E-state index contributed by atoms with van der Waals surface area (Å²) in [5, 5.41) is 0. The van der Waals surface area contributed by atoms with Crippen LogP contribution in [0.2, 0.25) is 0 Å². The van der Waals surface area contributed by atoms with E-state index in [4.69, 9.17) is 11.5 Å². The summed E-state index contributed by atoms with van der Waals surface area (Å²) in [6.45, 7) is 2.75. The van der Waals surface area contributed by atoms with Gasteiger partial charge in [0.1, 0.15) is 0 Å². The van der Waals surface area contributed by atoms with Crippen LogP contribution in [0.25, 0.3) is 11.1 Å². The quantitative estimate of drug-likeness (QED) is 0.791. The summed E-state index contributed by atoms with van der Waals surface area (Å²) in [6, 6.07) is 14.5. The van der Waals surface area contributed by atoms with E-state index in [-0.39, 0.29) is 0 Å². The highest BCUT2D eigenvalue weighted by molar-refractivity contribution is 5.77. The number of benzene rings is 2. The minimum absolute atomic E-state index is 0.673. The first-order valence-electron chi connectivity index (χ1n) is 5.86. The highest BCUT2D eigenvalue weighted by Crippen LogP contribution is 2.27. The minimum atomic E-state index is 0.673. The zero-order valence-electron chi connectivity index (χ0n) is 10.1. The van der Waals surface area contributed by atoms with Gasteiger partial charge in [-0.1, -0.05) is 35.9 Å². The van der Waals surface area contributed by atoms with Crippen LogP contribution in [-0.4, -0.2) is 6.54 Å². The number of rotatable bonds is 3. The summed E-state index contributed by atoms with van der Waals surface area (Å²) in [6.07, 6.45) is 0.902. The number of anilines is 1. The van der Waals surface area contributed by atoms with Gasteiger partial charge in [0, 0.05) is 11.3 Å². The Morgan fingerprint density at radius 2 is 1.88 bits per heavy atom. The summed E-state index contributed by atoms with van der Waals surface area (Å²) in [5.74, 6) is 0. The Hall–Kier alpha value is -1.80. The average Bonchev–Trinajstić information content (AvgIpc) is 2.33. The van der Waals surface area contributed by atoms with Crippen molar-refractivity contribution in [1.29, 1.82) is 0 Å². The van der Waals surface area contributed by atoms with Crippen molar-refractivity contribution in [3.8, 4) is 11.1 Å². The monoisotopic (exact) mass is 226 g/mol. The molecule has 88 valence electrons. The Morgan fingerprint density at radius 3 is 2.65 bits per heavy atom. The highest BCUT2D eigenvalue weighted by Gasteiger charge is 2.03. The van der Waals surface area contributed by atoms with E-state index in [1.807, 2.05) is 12.1 Å². The molecule has 0 heterocycles. The topological polar surface area (TPSA) is 52.0 Å². The van der Waals surface area contributed by atoms with Gasteiger partial charge in [0.05, 0.1) is 0 Å². The van der Waals surface area contributed by atoms with E-state index >= 15 is 0 Å². The molecule has 0 unspecified atom stereocenters. The van der Waals surface area contributed by atoms with E-state index in [0.29, 0.717) is 6.54 Å². The SMILES string of the molecule is Cc1ccc(N)c(-c2cccc(CCN)c2)c1. The second-order valence-corrected chi connectivity index (χ2v) is 4.33. The van der Waals surface area contributed by atoms with Gasteiger partial charge in [0.2, 0.25) is 0 Å². The molecule has 17 heavy (non-hydrogen) atoms. The number of nitrogens with two attached hydrogens (primary N) is 2. The zero-order valence-corrected chi connectivity index (χ0v) is 10.1. The lowest BCUT2D eigenvalue weighted by atomic mass is 9.99. The van der Waals surface area contributed by atoms with Crippen LogP contribution in [0.1, 0.15) is 11.1 Å². The molecule has 2 nitrogen and oxygen atoms in total. The molecular weight excluding hydrogens is 208 g/mol. The molecule has 4 N–H and O–H groups in total. The van der Waals surface area contributed by atoms with E-state index < -0.39 is 0 Å². The molecule has 2 aromatic rings. The van der Waals surface area contributed by atoms with E-state index in [2.05, 4.69) is 37.3 Å². The molecule has 0 bridgehead atoms. The molecule has 0 saturated heterocycles. The fourth-order valence-electron chi connectivity index (χ4n) is 1.98. The summed E-state index contributed by atoms with van der Waals surface area (Å²) in [7, 11) is 0. The van der Waals surface area contributed by atoms with Crippen LogP contribution in [0.5, 0.6) is 0 Å². The van der Waals surface area contributed by atoms with Crippen molar-refractivity contribution in [3.63, 3.8) is 0 Å². The van der Waals surface area contributed by atoms with Crippen molar-refractivity contribution in [2.75, 3.05) is 12.3 Å². The first-order chi connectivity index (χ1) is 8.20. The van der Waals surface area contributed by atoms with Gasteiger partial charge in [-0.15, -0.1) is 0 Å². The van der Waals surface area contributed by atoms with Gasteiger partial charge < -0.3 is 11.5 Å². The van der Waals surface area contributed by atoms with Crippen molar-refractivity contribution in [2.24, 2.45) is 5.73 Å². The Balaban J connectivity index is 2.45. The van der Waals surface area contributed by atoms with Crippen molar-refractivity contribution in [2.45, 2.75) is 13.3 Å². The van der Waals surface area contributed by atoms with Crippen molar-refractivity contribution >= 4 is 5.69 Å². The standard InChI is InChI=1S/C15H18N2/c1-11-5-6-15(17)14(9-11)13-4-2-3-12(10-13)7-8-16/h2-6,9-10H,7-8,16-17H2,1H3. The molecule has 0 atom stereocenters. The molecule has 0 aliphatic heterocycles. The number of nitrogen functional groups attached to an aromatic ring is 1. The van der Waals surface area contributed by atoms with Gasteiger partial charge in [-0.05, 0) is 43.1 Å². The zero-order chi connectivity index (χ0) is 12.3. The molecule has 0 aliphatic carbocycles. The number of aryl methyl sites for hydroxylation is 1. The molecule has 0 aromatic heterocycles. The third kappa shape index (κ3) is 2.66. The van der Waals surface area contributed by atoms with E-state index in [1.165, 1.54) is 11.1 Å². The second kappa shape index (κ2) is 5.02. The predicted octanol–water partition coefficient (Wildman–Crippen LogP) is 2.75. The fourth-order valence-corrected chi connectivity index (χ4v) is 1.98. The molecule has 0 aliphatic rings. The molecule has 0 fully saturated rings. The second-order valence-electron chi connectivity index (χ2n) is 4.33. The van der Waals surface area contributed by atoms with Crippen LogP contribution in [0.15, 0.2) is 42.5 Å². The van der Waals surface area contributed by atoms with Crippen LogP contribution in [0, 0.1) is 6.92 Å². The van der Waals surface area contributed by atoms with Crippen LogP contribution >= 0.6 is 0 Å². The predicted molar refractivity (Wildman–Crippen MR) is 73.8 cm³/mol. The Morgan fingerprint density at radius 1 is 1.06 bits per heavy atom. The molecule has 0 spiro atoms. The molecule has 0 saturated carbocycles. The van der Waals surface area contributed by atoms with Crippen molar-refractivity contribution in [3.05, 3.63) is 53.6 Å². The van der Waals surface area contributed by atoms with E-state index in [0.717, 1.165) is 23.2 Å². The summed E-state index contributed by atoms with van der Waals surface area (Å²) in [5.41, 5.74) is 17.2. The van der Waals surface area contributed by atoms with Crippen molar-refractivity contribution < 1.29 is 0 Å². The molecule has 2 heteroatoms.